The highest BCUT2D eigenvalue weighted by molar-refractivity contribution is 5.97. The van der Waals surface area contributed by atoms with Gasteiger partial charge in [0.05, 0.1) is 12.3 Å². The Morgan fingerprint density at radius 3 is 2.34 bits per heavy atom. The fraction of sp³-hybridized carbons (Fsp3) is 0.531. The molecule has 3 heterocycles. The van der Waals surface area contributed by atoms with Crippen LogP contribution in [0.4, 0.5) is 10.5 Å². The van der Waals surface area contributed by atoms with E-state index in [1.807, 2.05) is 50.5 Å². The Bertz CT molecular complexity index is 1290. The van der Waals surface area contributed by atoms with Crippen LogP contribution in [-0.4, -0.2) is 121 Å². The van der Waals surface area contributed by atoms with Crippen molar-refractivity contribution in [1.82, 2.24) is 25.0 Å². The number of amides is 3. The number of benzene rings is 1. The van der Waals surface area contributed by atoms with Crippen LogP contribution in [0.1, 0.15) is 49.5 Å². The number of hydrogen-bond donors (Lipinski definition) is 2. The minimum atomic E-state index is -1.06. The van der Waals surface area contributed by atoms with Crippen molar-refractivity contribution in [1.29, 1.82) is 0 Å². The smallest absolute Gasteiger partial charge is 0.409 e. The van der Waals surface area contributed by atoms with Crippen LogP contribution >= 0.6 is 0 Å². The number of likely N-dealkylation sites (N-methyl/N-ethyl adjacent to an activating group) is 1. The number of hydrogen-bond acceptors (Lipinski definition) is 8. The number of carbonyl (C=O) groups is 4. The number of carboxylic acid groups (broad SMARTS) is 1. The summed E-state index contributed by atoms with van der Waals surface area (Å²) in [5, 5.41) is 12.1. The van der Waals surface area contributed by atoms with Crippen LogP contribution in [0.5, 0.6) is 0 Å². The van der Waals surface area contributed by atoms with Crippen LogP contribution in [0.3, 0.4) is 0 Å². The second-order valence-electron chi connectivity index (χ2n) is 11.6. The van der Waals surface area contributed by atoms with E-state index in [9.17, 15) is 24.3 Å². The van der Waals surface area contributed by atoms with Crippen molar-refractivity contribution < 1.29 is 29.0 Å². The Labute approximate surface area is 259 Å². The number of carboxylic acids is 1. The molecule has 2 aliphatic heterocycles. The molecular formula is C32H44N6O6. The number of piperazine rings is 1. The van der Waals surface area contributed by atoms with Crippen LogP contribution in [0.15, 0.2) is 42.5 Å². The summed E-state index contributed by atoms with van der Waals surface area (Å²) in [7, 11) is 4.08. The first-order valence-electron chi connectivity index (χ1n) is 15.4. The first-order valence-corrected chi connectivity index (χ1v) is 15.4. The zero-order valence-corrected chi connectivity index (χ0v) is 25.9. The average Bonchev–Trinajstić information content (AvgIpc) is 3.00. The molecule has 12 heteroatoms. The largest absolute Gasteiger partial charge is 0.481 e. The Morgan fingerprint density at radius 2 is 1.70 bits per heavy atom. The van der Waals surface area contributed by atoms with E-state index in [1.54, 1.807) is 15.9 Å². The Hall–Kier alpha value is -4.19. The number of rotatable bonds is 13. The normalized spacial score (nSPS) is 16.0. The van der Waals surface area contributed by atoms with E-state index < -0.39 is 24.0 Å². The number of aromatic nitrogens is 1. The van der Waals surface area contributed by atoms with Crippen molar-refractivity contribution in [3.63, 3.8) is 0 Å². The number of aliphatic carboxylic acids is 1. The maximum absolute atomic E-state index is 13.6. The third-order valence-electron chi connectivity index (χ3n) is 8.14. The van der Waals surface area contributed by atoms with Gasteiger partial charge in [-0.1, -0.05) is 50.1 Å². The van der Waals surface area contributed by atoms with E-state index >= 15 is 0 Å². The molecule has 2 saturated heterocycles. The summed E-state index contributed by atoms with van der Waals surface area (Å²) in [6.07, 6.45) is 2.07. The van der Waals surface area contributed by atoms with Crippen molar-refractivity contribution in [3.8, 4) is 11.3 Å². The number of ether oxygens (including phenoxy) is 1. The third kappa shape index (κ3) is 8.68. The quantitative estimate of drug-likeness (QED) is 0.329. The van der Waals surface area contributed by atoms with Gasteiger partial charge in [0.25, 0.3) is 5.91 Å². The van der Waals surface area contributed by atoms with Crippen LogP contribution in [-0.2, 0) is 14.3 Å². The minimum Gasteiger partial charge on any atom is -0.481 e. The summed E-state index contributed by atoms with van der Waals surface area (Å²) in [5.41, 5.74) is 2.49. The first kappa shape index (κ1) is 32.7. The molecule has 238 valence electrons. The molecule has 0 aliphatic carbocycles. The van der Waals surface area contributed by atoms with Gasteiger partial charge in [0.2, 0.25) is 5.91 Å². The maximum atomic E-state index is 13.6. The second-order valence-corrected chi connectivity index (χ2v) is 11.6. The van der Waals surface area contributed by atoms with Gasteiger partial charge in [-0.3, -0.25) is 14.4 Å². The van der Waals surface area contributed by atoms with E-state index in [4.69, 9.17) is 4.74 Å². The Morgan fingerprint density at radius 1 is 1.02 bits per heavy atom. The van der Waals surface area contributed by atoms with Crippen molar-refractivity contribution in [2.45, 2.75) is 51.1 Å². The molecule has 0 bridgehead atoms. The molecule has 1 aromatic heterocycles. The van der Waals surface area contributed by atoms with E-state index in [0.717, 1.165) is 43.6 Å². The molecule has 1 atom stereocenters. The number of unbranched alkanes of at least 4 members (excludes halogenated alkanes) is 2. The van der Waals surface area contributed by atoms with Crippen molar-refractivity contribution in [2.24, 2.45) is 0 Å². The highest BCUT2D eigenvalue weighted by Crippen LogP contribution is 2.28. The van der Waals surface area contributed by atoms with E-state index in [0.29, 0.717) is 31.4 Å². The molecule has 0 spiro atoms. The molecule has 2 aromatic rings. The standard InChI is InChI=1S/C32H44N6O6/c1-4-5-9-18-44-32(43)37-16-14-36(15-17-37)31(42)26(12-13-29(39)40)34-30(41)28-20-24(38-21-25(22-38)35(2)3)19-27(33-28)23-10-7-6-8-11-23/h6-8,10-11,19-20,25-26H,4-5,9,12-18,21-22H2,1-3H3,(H,34,41)(H,39,40)/t26-/m0/s1. The highest BCUT2D eigenvalue weighted by Gasteiger charge is 2.33. The minimum absolute atomic E-state index is 0.0680. The molecule has 0 radical (unpaired) electrons. The molecule has 12 nitrogen and oxygen atoms in total. The molecule has 44 heavy (non-hydrogen) atoms. The summed E-state index contributed by atoms with van der Waals surface area (Å²) >= 11 is 0. The van der Waals surface area contributed by atoms with Gasteiger partial charge in [-0.05, 0) is 39.1 Å². The fourth-order valence-electron chi connectivity index (χ4n) is 5.25. The zero-order chi connectivity index (χ0) is 31.6. The van der Waals surface area contributed by atoms with E-state index in [2.05, 4.69) is 27.0 Å². The maximum Gasteiger partial charge on any atom is 0.409 e. The van der Waals surface area contributed by atoms with Crippen LogP contribution in [0.25, 0.3) is 11.3 Å². The molecule has 2 N–H and O–H groups in total. The number of carbonyl (C=O) groups excluding carboxylic acids is 3. The van der Waals surface area contributed by atoms with Crippen molar-refractivity contribution >= 4 is 29.6 Å². The molecule has 4 rings (SSSR count). The lowest BCUT2D eigenvalue weighted by atomic mass is 10.0. The van der Waals surface area contributed by atoms with Crippen molar-refractivity contribution in [2.75, 3.05) is 64.9 Å². The van der Waals surface area contributed by atoms with E-state index in [-0.39, 0.29) is 37.5 Å². The molecule has 0 unspecified atom stereocenters. The fourth-order valence-corrected chi connectivity index (χ4v) is 5.25. The summed E-state index contributed by atoms with van der Waals surface area (Å²) < 4.78 is 5.34. The predicted octanol–water partition coefficient (Wildman–Crippen LogP) is 2.93. The van der Waals surface area contributed by atoms with Gasteiger partial charge >= 0.3 is 12.1 Å². The molecule has 2 aliphatic rings. The lowest BCUT2D eigenvalue weighted by molar-refractivity contribution is -0.138. The van der Waals surface area contributed by atoms with Crippen LogP contribution in [0, 0.1) is 0 Å². The monoisotopic (exact) mass is 608 g/mol. The highest BCUT2D eigenvalue weighted by atomic mass is 16.6. The van der Waals surface area contributed by atoms with Crippen molar-refractivity contribution in [3.05, 3.63) is 48.2 Å². The van der Waals surface area contributed by atoms with Crippen LogP contribution in [0.2, 0.25) is 0 Å². The molecular weight excluding hydrogens is 564 g/mol. The summed E-state index contributed by atoms with van der Waals surface area (Å²) in [6, 6.07) is 12.6. The summed E-state index contributed by atoms with van der Waals surface area (Å²) in [4.78, 5) is 63.1. The lowest BCUT2D eigenvalue weighted by Gasteiger charge is -2.44. The van der Waals surface area contributed by atoms with Gasteiger partial charge in [-0.2, -0.15) is 0 Å². The molecule has 0 saturated carbocycles. The lowest BCUT2D eigenvalue weighted by Crippen LogP contribution is -2.57. The van der Waals surface area contributed by atoms with Crippen LogP contribution < -0.4 is 10.2 Å². The van der Waals surface area contributed by atoms with Gasteiger partial charge < -0.3 is 34.8 Å². The van der Waals surface area contributed by atoms with Gasteiger partial charge in [-0.15, -0.1) is 0 Å². The van der Waals surface area contributed by atoms with Gasteiger partial charge in [0, 0.05) is 63.0 Å². The summed E-state index contributed by atoms with van der Waals surface area (Å²) in [6.45, 7) is 5.18. The molecule has 2 fully saturated rings. The second kappa shape index (κ2) is 15.5. The third-order valence-corrected chi connectivity index (χ3v) is 8.14. The first-order chi connectivity index (χ1) is 21.2. The van der Waals surface area contributed by atoms with Gasteiger partial charge in [-0.25, -0.2) is 9.78 Å². The SMILES string of the molecule is CCCCCOC(=O)N1CCN(C(=O)[C@H](CCC(=O)O)NC(=O)c2cc(N3CC(N(C)C)C3)cc(-c3ccccc3)n2)CC1. The Balaban J connectivity index is 1.46. The average molecular weight is 609 g/mol. The molecule has 1 aromatic carbocycles. The number of anilines is 1. The number of nitrogens with one attached hydrogen (secondary N) is 1. The predicted molar refractivity (Wildman–Crippen MR) is 167 cm³/mol. The van der Waals surface area contributed by atoms with E-state index in [1.165, 1.54) is 0 Å². The van der Waals surface area contributed by atoms with Gasteiger partial charge in [0.15, 0.2) is 0 Å². The summed E-state index contributed by atoms with van der Waals surface area (Å²) in [5.74, 6) is -1.99. The number of pyridine rings is 1. The topological polar surface area (TPSA) is 136 Å². The molecule has 3 amide bonds. The van der Waals surface area contributed by atoms with Gasteiger partial charge in [0.1, 0.15) is 11.7 Å². The number of nitrogens with zero attached hydrogens (tertiary/aromatic N) is 5. The Kier molecular flexibility index (Phi) is 11.5. The zero-order valence-electron chi connectivity index (χ0n) is 25.9.